The van der Waals surface area contributed by atoms with Crippen LogP contribution in [0.3, 0.4) is 0 Å². The standard InChI is InChI=1S/C31H47N3O9Si/c1-31(2,3)44(4,5)43-21-20-42-19-18-41-17-16-40-15-8-6-7-12-25(35)32-23-11-9-10-22-27(23)30(39)34(29(22)38)24-13-14-26(36)33-28(24)37/h9-11,24H,6-8,12-21H2,1-5H3,(H,32,35)(H,33,36,37). The SMILES string of the molecule is CC(C)(C)[Si](C)(C)OCCOCCOCCOCCCCCC(=O)Nc1cccc2c1C(=O)N(C1CCC(=O)NC1=O)C2=O. The van der Waals surface area contributed by atoms with Gasteiger partial charge in [-0.1, -0.05) is 33.3 Å². The molecule has 2 N–H and O–H groups in total. The van der Waals surface area contributed by atoms with Gasteiger partial charge in [-0.05, 0) is 49.5 Å². The van der Waals surface area contributed by atoms with Crippen molar-refractivity contribution in [3.8, 4) is 0 Å². The number of benzene rings is 1. The molecule has 3 rings (SSSR count). The van der Waals surface area contributed by atoms with Crippen LogP contribution in [0.5, 0.6) is 0 Å². The summed E-state index contributed by atoms with van der Waals surface area (Å²) in [5, 5.41) is 5.10. The van der Waals surface area contributed by atoms with E-state index in [0.29, 0.717) is 52.7 Å². The van der Waals surface area contributed by atoms with Gasteiger partial charge in [0.05, 0.1) is 56.5 Å². The Kier molecular flexibility index (Phi) is 13.2. The smallest absolute Gasteiger partial charge is 0.264 e. The summed E-state index contributed by atoms with van der Waals surface area (Å²) in [7, 11) is -1.74. The van der Waals surface area contributed by atoms with Gasteiger partial charge in [0.2, 0.25) is 17.7 Å². The van der Waals surface area contributed by atoms with Crippen LogP contribution < -0.4 is 10.6 Å². The van der Waals surface area contributed by atoms with E-state index in [9.17, 15) is 24.0 Å². The van der Waals surface area contributed by atoms with Gasteiger partial charge in [-0.2, -0.15) is 0 Å². The highest BCUT2D eigenvalue weighted by Crippen LogP contribution is 2.36. The number of hydrogen-bond acceptors (Lipinski definition) is 9. The first-order valence-corrected chi connectivity index (χ1v) is 18.3. The lowest BCUT2D eigenvalue weighted by molar-refractivity contribution is -0.136. The molecule has 1 atom stereocenters. The van der Waals surface area contributed by atoms with Crippen molar-refractivity contribution in [2.45, 2.75) is 83.5 Å². The molecule has 244 valence electrons. The topological polar surface area (TPSA) is 150 Å². The Morgan fingerprint density at radius 1 is 0.909 bits per heavy atom. The fourth-order valence-electron chi connectivity index (χ4n) is 4.61. The van der Waals surface area contributed by atoms with Gasteiger partial charge in [-0.15, -0.1) is 0 Å². The first-order chi connectivity index (χ1) is 20.8. The second kappa shape index (κ2) is 16.4. The maximum absolute atomic E-state index is 13.1. The molecule has 2 aliphatic heterocycles. The number of amides is 5. The lowest BCUT2D eigenvalue weighted by atomic mass is 10.0. The molecule has 1 saturated heterocycles. The van der Waals surface area contributed by atoms with Crippen molar-refractivity contribution >= 4 is 43.5 Å². The Labute approximate surface area is 260 Å². The molecule has 0 aromatic heterocycles. The van der Waals surface area contributed by atoms with E-state index in [4.69, 9.17) is 18.6 Å². The Bertz CT molecular complexity index is 1200. The van der Waals surface area contributed by atoms with E-state index in [2.05, 4.69) is 44.5 Å². The largest absolute Gasteiger partial charge is 0.414 e. The number of anilines is 1. The zero-order valence-electron chi connectivity index (χ0n) is 26.6. The van der Waals surface area contributed by atoms with E-state index >= 15 is 0 Å². The van der Waals surface area contributed by atoms with Gasteiger partial charge < -0.3 is 24.0 Å². The molecule has 13 heteroatoms. The highest BCUT2D eigenvalue weighted by atomic mass is 28.4. The van der Waals surface area contributed by atoms with Crippen molar-refractivity contribution < 1.29 is 42.6 Å². The molecular weight excluding hydrogens is 586 g/mol. The summed E-state index contributed by atoms with van der Waals surface area (Å²) in [5.41, 5.74) is 0.417. The molecule has 0 radical (unpaired) electrons. The van der Waals surface area contributed by atoms with Crippen LogP contribution in [0.25, 0.3) is 0 Å². The quantitative estimate of drug-likeness (QED) is 0.140. The molecular formula is C31H47N3O9Si. The van der Waals surface area contributed by atoms with E-state index in [-0.39, 0.29) is 47.0 Å². The number of nitrogens with one attached hydrogen (secondary N) is 2. The third-order valence-electron chi connectivity index (χ3n) is 8.18. The number of hydrogen-bond donors (Lipinski definition) is 2. The second-order valence-corrected chi connectivity index (χ2v) is 17.3. The summed E-state index contributed by atoms with van der Waals surface area (Å²) < 4.78 is 22.8. The zero-order chi connectivity index (χ0) is 32.3. The van der Waals surface area contributed by atoms with Gasteiger partial charge in [-0.3, -0.25) is 34.2 Å². The van der Waals surface area contributed by atoms with Gasteiger partial charge in [0.25, 0.3) is 11.8 Å². The highest BCUT2D eigenvalue weighted by molar-refractivity contribution is 6.74. The number of unbranched alkanes of at least 4 members (excludes halogenated alkanes) is 2. The first-order valence-electron chi connectivity index (χ1n) is 15.3. The summed E-state index contributed by atoms with van der Waals surface area (Å²) in [6, 6.07) is 3.56. The molecule has 0 spiro atoms. The highest BCUT2D eigenvalue weighted by Gasteiger charge is 2.45. The first kappa shape index (κ1) is 35.5. The number of fused-ring (bicyclic) bond motifs is 1. The minimum atomic E-state index is -1.74. The van der Waals surface area contributed by atoms with Crippen LogP contribution in [-0.2, 0) is 33.0 Å². The molecule has 0 saturated carbocycles. The minimum absolute atomic E-state index is 0.0380. The molecule has 5 amide bonds. The predicted octanol–water partition coefficient (Wildman–Crippen LogP) is 3.66. The Morgan fingerprint density at radius 2 is 1.55 bits per heavy atom. The monoisotopic (exact) mass is 633 g/mol. The zero-order valence-corrected chi connectivity index (χ0v) is 27.6. The number of ether oxygens (including phenoxy) is 3. The van der Waals surface area contributed by atoms with E-state index in [1.165, 1.54) is 6.07 Å². The van der Waals surface area contributed by atoms with Crippen LogP contribution in [-0.4, -0.2) is 95.0 Å². The predicted molar refractivity (Wildman–Crippen MR) is 166 cm³/mol. The number of carbonyl (C=O) groups excluding carboxylic acids is 5. The Morgan fingerprint density at radius 3 is 2.18 bits per heavy atom. The molecule has 0 bridgehead atoms. The van der Waals surface area contributed by atoms with Crippen molar-refractivity contribution in [2.75, 3.05) is 51.6 Å². The van der Waals surface area contributed by atoms with Crippen molar-refractivity contribution in [1.82, 2.24) is 10.2 Å². The van der Waals surface area contributed by atoms with Crippen LogP contribution in [0.4, 0.5) is 5.69 Å². The Balaban J connectivity index is 1.24. The van der Waals surface area contributed by atoms with Crippen LogP contribution in [0, 0.1) is 0 Å². The summed E-state index contributed by atoms with van der Waals surface area (Å²) >= 11 is 0. The second-order valence-electron chi connectivity index (χ2n) is 12.5. The van der Waals surface area contributed by atoms with Gasteiger partial charge in [-0.25, -0.2) is 0 Å². The summed E-state index contributed by atoms with van der Waals surface area (Å²) in [4.78, 5) is 63.3. The number of rotatable bonds is 18. The molecule has 1 aromatic rings. The van der Waals surface area contributed by atoms with Gasteiger partial charge in [0.15, 0.2) is 8.32 Å². The summed E-state index contributed by atoms with van der Waals surface area (Å²) in [6.07, 6.45) is 2.55. The number of piperidine rings is 1. The van der Waals surface area contributed by atoms with Crippen LogP contribution in [0.15, 0.2) is 18.2 Å². The molecule has 1 fully saturated rings. The van der Waals surface area contributed by atoms with Crippen molar-refractivity contribution in [1.29, 1.82) is 0 Å². The van der Waals surface area contributed by atoms with Crippen LogP contribution >= 0.6 is 0 Å². The Hall–Kier alpha value is -2.97. The molecule has 2 heterocycles. The summed E-state index contributed by atoms with van der Waals surface area (Å²) in [5.74, 6) is -2.66. The fourth-order valence-corrected chi connectivity index (χ4v) is 5.64. The molecule has 1 unspecified atom stereocenters. The lowest BCUT2D eigenvalue weighted by Crippen LogP contribution is -2.54. The average Bonchev–Trinajstić information content (AvgIpc) is 3.20. The maximum atomic E-state index is 13.1. The van der Waals surface area contributed by atoms with E-state index in [1.807, 2.05) is 0 Å². The van der Waals surface area contributed by atoms with Crippen molar-refractivity contribution in [3.63, 3.8) is 0 Å². The summed E-state index contributed by atoms with van der Waals surface area (Å²) in [6.45, 7) is 14.8. The van der Waals surface area contributed by atoms with Crippen molar-refractivity contribution in [2.24, 2.45) is 0 Å². The fraction of sp³-hybridized carbons (Fsp3) is 0.645. The van der Waals surface area contributed by atoms with E-state index in [1.54, 1.807) is 12.1 Å². The maximum Gasteiger partial charge on any atom is 0.264 e. The van der Waals surface area contributed by atoms with Crippen LogP contribution in [0.2, 0.25) is 18.1 Å². The number of nitrogens with zero attached hydrogens (tertiary/aromatic N) is 1. The molecule has 44 heavy (non-hydrogen) atoms. The average molecular weight is 634 g/mol. The van der Waals surface area contributed by atoms with Crippen molar-refractivity contribution in [3.05, 3.63) is 29.3 Å². The van der Waals surface area contributed by atoms with Gasteiger partial charge >= 0.3 is 0 Å². The van der Waals surface area contributed by atoms with E-state index < -0.39 is 38.0 Å². The normalized spacial score (nSPS) is 17.2. The number of carbonyl (C=O) groups is 5. The van der Waals surface area contributed by atoms with Gasteiger partial charge in [0.1, 0.15) is 6.04 Å². The van der Waals surface area contributed by atoms with E-state index in [0.717, 1.165) is 17.7 Å². The minimum Gasteiger partial charge on any atom is -0.414 e. The lowest BCUT2D eigenvalue weighted by Gasteiger charge is -2.36. The molecule has 12 nitrogen and oxygen atoms in total. The third-order valence-corrected chi connectivity index (χ3v) is 12.7. The number of imide groups is 2. The molecule has 0 aliphatic carbocycles. The molecule has 2 aliphatic rings. The van der Waals surface area contributed by atoms with Gasteiger partial charge in [0, 0.05) is 19.4 Å². The van der Waals surface area contributed by atoms with Crippen LogP contribution in [0.1, 0.15) is 80.0 Å². The third kappa shape index (κ3) is 9.76. The molecule has 1 aromatic carbocycles.